The lowest BCUT2D eigenvalue weighted by atomic mass is 10.2. The molecule has 0 bridgehead atoms. The van der Waals surface area contributed by atoms with E-state index >= 15 is 0 Å². The Hall–Kier alpha value is -1.42. The van der Waals surface area contributed by atoms with Crippen molar-refractivity contribution < 1.29 is 0 Å². The SMILES string of the molecule is Cn1nnc(-c2cccc(Cl)c2)n1. The molecule has 1 aromatic carbocycles. The molecule has 13 heavy (non-hydrogen) atoms. The average Bonchev–Trinajstić information content (AvgIpc) is 2.52. The van der Waals surface area contributed by atoms with E-state index in [4.69, 9.17) is 11.6 Å². The van der Waals surface area contributed by atoms with Gasteiger partial charge in [0.1, 0.15) is 0 Å². The van der Waals surface area contributed by atoms with Gasteiger partial charge in [-0.25, -0.2) is 0 Å². The summed E-state index contributed by atoms with van der Waals surface area (Å²) in [5.41, 5.74) is 0.876. The highest BCUT2D eigenvalue weighted by Crippen LogP contribution is 2.17. The van der Waals surface area contributed by atoms with Crippen molar-refractivity contribution in [1.82, 2.24) is 20.2 Å². The second-order valence-electron chi connectivity index (χ2n) is 2.61. The fraction of sp³-hybridized carbons (Fsp3) is 0.125. The second-order valence-corrected chi connectivity index (χ2v) is 3.05. The van der Waals surface area contributed by atoms with E-state index < -0.39 is 0 Å². The number of tetrazole rings is 1. The van der Waals surface area contributed by atoms with Gasteiger partial charge in [-0.15, -0.1) is 10.2 Å². The summed E-state index contributed by atoms with van der Waals surface area (Å²) < 4.78 is 0. The molecule has 2 aromatic rings. The first kappa shape index (κ1) is 8.19. The summed E-state index contributed by atoms with van der Waals surface area (Å²) in [5, 5.41) is 12.3. The van der Waals surface area contributed by atoms with Gasteiger partial charge in [-0.1, -0.05) is 23.7 Å². The Kier molecular flexibility index (Phi) is 1.98. The van der Waals surface area contributed by atoms with Gasteiger partial charge in [-0.05, 0) is 17.3 Å². The molecule has 0 aliphatic carbocycles. The van der Waals surface area contributed by atoms with Crippen LogP contribution in [-0.4, -0.2) is 20.2 Å². The third-order valence-corrected chi connectivity index (χ3v) is 1.83. The monoisotopic (exact) mass is 194 g/mol. The zero-order valence-electron chi connectivity index (χ0n) is 6.98. The quantitative estimate of drug-likeness (QED) is 0.692. The predicted molar refractivity (Wildman–Crippen MR) is 49.2 cm³/mol. The van der Waals surface area contributed by atoms with E-state index in [2.05, 4.69) is 15.4 Å². The van der Waals surface area contributed by atoms with Gasteiger partial charge < -0.3 is 0 Å². The molecule has 0 amide bonds. The van der Waals surface area contributed by atoms with Crippen molar-refractivity contribution >= 4 is 11.6 Å². The molecule has 4 nitrogen and oxygen atoms in total. The molecule has 5 heteroatoms. The summed E-state index contributed by atoms with van der Waals surface area (Å²) in [7, 11) is 1.72. The minimum Gasteiger partial charge on any atom is -0.167 e. The first-order valence-corrected chi connectivity index (χ1v) is 4.13. The highest BCUT2D eigenvalue weighted by molar-refractivity contribution is 6.30. The van der Waals surface area contributed by atoms with E-state index in [1.54, 1.807) is 19.2 Å². The highest BCUT2D eigenvalue weighted by Gasteiger charge is 2.03. The molecule has 0 fully saturated rings. The summed E-state index contributed by atoms with van der Waals surface area (Å²) in [5.74, 6) is 0.588. The first-order valence-electron chi connectivity index (χ1n) is 3.75. The zero-order valence-corrected chi connectivity index (χ0v) is 7.73. The Morgan fingerprint density at radius 2 is 2.23 bits per heavy atom. The van der Waals surface area contributed by atoms with Crippen molar-refractivity contribution in [3.8, 4) is 11.4 Å². The summed E-state index contributed by atoms with van der Waals surface area (Å²) in [6.45, 7) is 0. The third kappa shape index (κ3) is 1.67. The van der Waals surface area contributed by atoms with Crippen molar-refractivity contribution in [2.24, 2.45) is 7.05 Å². The lowest BCUT2D eigenvalue weighted by Gasteiger charge is -1.93. The van der Waals surface area contributed by atoms with Gasteiger partial charge >= 0.3 is 0 Å². The lowest BCUT2D eigenvalue weighted by Crippen LogP contribution is -1.91. The van der Waals surface area contributed by atoms with Crippen LogP contribution < -0.4 is 0 Å². The van der Waals surface area contributed by atoms with Crippen LogP contribution in [0.2, 0.25) is 5.02 Å². The van der Waals surface area contributed by atoms with Gasteiger partial charge in [0.15, 0.2) is 0 Å². The highest BCUT2D eigenvalue weighted by atomic mass is 35.5. The summed E-state index contributed by atoms with van der Waals surface area (Å²) in [4.78, 5) is 1.41. The smallest absolute Gasteiger partial charge is 0.167 e. The van der Waals surface area contributed by atoms with Crippen LogP contribution in [0, 0.1) is 0 Å². The van der Waals surface area contributed by atoms with E-state index in [1.165, 1.54) is 4.80 Å². The molecular weight excluding hydrogens is 188 g/mol. The maximum absolute atomic E-state index is 5.82. The lowest BCUT2D eigenvalue weighted by molar-refractivity contribution is 0.630. The maximum atomic E-state index is 5.82. The molecule has 0 unspecified atom stereocenters. The number of hydrogen-bond donors (Lipinski definition) is 0. The van der Waals surface area contributed by atoms with Crippen LogP contribution in [0.5, 0.6) is 0 Å². The average molecular weight is 195 g/mol. The number of rotatable bonds is 1. The number of aromatic nitrogens is 4. The van der Waals surface area contributed by atoms with E-state index in [-0.39, 0.29) is 0 Å². The van der Waals surface area contributed by atoms with E-state index in [0.717, 1.165) is 5.56 Å². The van der Waals surface area contributed by atoms with E-state index in [1.807, 2.05) is 12.1 Å². The molecule has 0 aliphatic rings. The predicted octanol–water partition coefficient (Wildman–Crippen LogP) is 1.53. The number of aryl methyl sites for hydroxylation is 1. The number of nitrogens with zero attached hydrogens (tertiary/aromatic N) is 4. The molecule has 0 N–H and O–H groups in total. The summed E-state index contributed by atoms with van der Waals surface area (Å²) in [6.07, 6.45) is 0. The van der Waals surface area contributed by atoms with Crippen molar-refractivity contribution in [2.45, 2.75) is 0 Å². The first-order chi connectivity index (χ1) is 6.25. The summed E-state index contributed by atoms with van der Waals surface area (Å²) >= 11 is 5.82. The Morgan fingerprint density at radius 1 is 1.38 bits per heavy atom. The fourth-order valence-corrected chi connectivity index (χ4v) is 1.22. The summed E-state index contributed by atoms with van der Waals surface area (Å²) in [6, 6.07) is 7.36. The van der Waals surface area contributed by atoms with Crippen LogP contribution in [0.3, 0.4) is 0 Å². The molecule has 0 saturated heterocycles. The minimum absolute atomic E-state index is 0.588. The molecule has 0 aliphatic heterocycles. The van der Waals surface area contributed by atoms with Crippen LogP contribution in [0.15, 0.2) is 24.3 Å². The maximum Gasteiger partial charge on any atom is 0.204 e. The second kappa shape index (κ2) is 3.14. The Bertz CT molecular complexity index is 424. The van der Waals surface area contributed by atoms with Crippen molar-refractivity contribution in [3.05, 3.63) is 29.3 Å². The van der Waals surface area contributed by atoms with Crippen LogP contribution in [0.1, 0.15) is 0 Å². The molecular formula is C8H7ClN4. The van der Waals surface area contributed by atoms with Crippen molar-refractivity contribution in [3.63, 3.8) is 0 Å². The molecule has 1 heterocycles. The van der Waals surface area contributed by atoms with Gasteiger partial charge in [0.2, 0.25) is 5.82 Å². The minimum atomic E-state index is 0.588. The molecule has 0 spiro atoms. The Morgan fingerprint density at radius 3 is 2.85 bits per heavy atom. The number of halogens is 1. The molecule has 0 atom stereocenters. The van der Waals surface area contributed by atoms with Crippen molar-refractivity contribution in [1.29, 1.82) is 0 Å². The van der Waals surface area contributed by atoms with Crippen LogP contribution in [0.4, 0.5) is 0 Å². The Balaban J connectivity index is 2.46. The largest absolute Gasteiger partial charge is 0.204 e. The standard InChI is InChI=1S/C8H7ClN4/c1-13-11-8(10-12-13)6-3-2-4-7(9)5-6/h2-5H,1H3. The molecule has 2 rings (SSSR count). The third-order valence-electron chi connectivity index (χ3n) is 1.59. The zero-order chi connectivity index (χ0) is 9.26. The molecule has 1 aromatic heterocycles. The van der Waals surface area contributed by atoms with E-state index in [0.29, 0.717) is 10.8 Å². The number of benzene rings is 1. The van der Waals surface area contributed by atoms with Crippen LogP contribution in [0.25, 0.3) is 11.4 Å². The molecule has 66 valence electrons. The molecule has 0 radical (unpaired) electrons. The van der Waals surface area contributed by atoms with Gasteiger partial charge in [-0.3, -0.25) is 0 Å². The van der Waals surface area contributed by atoms with E-state index in [9.17, 15) is 0 Å². The van der Waals surface area contributed by atoms with Crippen molar-refractivity contribution in [2.75, 3.05) is 0 Å². The Labute approximate surface area is 80.1 Å². The topological polar surface area (TPSA) is 43.6 Å². The van der Waals surface area contributed by atoms with Gasteiger partial charge in [0.25, 0.3) is 0 Å². The normalized spacial score (nSPS) is 10.3. The van der Waals surface area contributed by atoms with Crippen LogP contribution >= 0.6 is 11.6 Å². The molecule has 0 saturated carbocycles. The van der Waals surface area contributed by atoms with Gasteiger partial charge in [0, 0.05) is 10.6 Å². The van der Waals surface area contributed by atoms with Gasteiger partial charge in [-0.2, -0.15) is 4.80 Å². The number of hydrogen-bond acceptors (Lipinski definition) is 3. The van der Waals surface area contributed by atoms with Crippen LogP contribution in [-0.2, 0) is 7.05 Å². The van der Waals surface area contributed by atoms with Gasteiger partial charge in [0.05, 0.1) is 7.05 Å². The fourth-order valence-electron chi connectivity index (χ4n) is 1.03.